The van der Waals surface area contributed by atoms with E-state index in [2.05, 4.69) is 39.6 Å². The van der Waals surface area contributed by atoms with Crippen LogP contribution in [-0.4, -0.2) is 98.3 Å². The third kappa shape index (κ3) is 7.17. The Hall–Kier alpha value is -1.18. The predicted molar refractivity (Wildman–Crippen MR) is 137 cm³/mol. The van der Waals surface area contributed by atoms with Crippen LogP contribution >= 0.6 is 0 Å². The summed E-state index contributed by atoms with van der Waals surface area (Å²) in [5.74, 6) is 0.832. The van der Waals surface area contributed by atoms with Crippen LogP contribution in [-0.2, 0) is 19.1 Å². The summed E-state index contributed by atoms with van der Waals surface area (Å²) in [5, 5.41) is 0. The lowest BCUT2D eigenvalue weighted by Gasteiger charge is -2.40. The molecule has 2 fully saturated rings. The fourth-order valence-electron chi connectivity index (χ4n) is 6.10. The first-order chi connectivity index (χ1) is 16.2. The monoisotopic (exact) mass is 481 g/mol. The van der Waals surface area contributed by atoms with Crippen molar-refractivity contribution in [3.8, 4) is 0 Å². The van der Waals surface area contributed by atoms with Gasteiger partial charge in [0.2, 0.25) is 11.8 Å². The molecule has 7 heteroatoms. The number of amides is 2. The highest BCUT2D eigenvalue weighted by atomic mass is 16.5. The molecule has 0 spiro atoms. The number of rotatable bonds is 12. The lowest BCUT2D eigenvalue weighted by molar-refractivity contribution is -0.145. The quantitative estimate of drug-likeness (QED) is 0.424. The number of likely N-dealkylation sites (tertiary alicyclic amines) is 2. The number of hydrogen-bond acceptors (Lipinski definition) is 5. The van der Waals surface area contributed by atoms with Crippen molar-refractivity contribution < 1.29 is 19.1 Å². The van der Waals surface area contributed by atoms with Crippen molar-refractivity contribution in [2.24, 2.45) is 11.8 Å². The molecule has 0 bridgehead atoms. The van der Waals surface area contributed by atoms with E-state index in [1.165, 1.54) is 12.8 Å². The average molecular weight is 482 g/mol. The van der Waals surface area contributed by atoms with E-state index < -0.39 is 0 Å². The summed E-state index contributed by atoms with van der Waals surface area (Å²) in [6.45, 7) is 10.4. The number of piperidine rings is 1. The molecule has 7 nitrogen and oxygen atoms in total. The molecule has 0 aromatic rings. The Morgan fingerprint density at radius 1 is 1.03 bits per heavy atom. The van der Waals surface area contributed by atoms with Crippen molar-refractivity contribution in [3.63, 3.8) is 0 Å². The second-order valence-electron chi connectivity index (χ2n) is 10.9. The highest BCUT2D eigenvalue weighted by Crippen LogP contribution is 2.29. The van der Waals surface area contributed by atoms with Crippen LogP contribution in [0.3, 0.4) is 0 Å². The zero-order valence-corrected chi connectivity index (χ0v) is 23.1. The van der Waals surface area contributed by atoms with Crippen LogP contribution in [0.25, 0.3) is 0 Å². The Morgan fingerprint density at radius 3 is 2.29 bits per heavy atom. The van der Waals surface area contributed by atoms with Crippen LogP contribution in [0.1, 0.15) is 79.1 Å². The van der Waals surface area contributed by atoms with E-state index in [1.54, 1.807) is 14.2 Å². The maximum Gasteiger partial charge on any atom is 0.225 e. The van der Waals surface area contributed by atoms with Gasteiger partial charge in [-0.2, -0.15) is 0 Å². The van der Waals surface area contributed by atoms with Gasteiger partial charge in [-0.3, -0.25) is 9.59 Å². The van der Waals surface area contributed by atoms with Gasteiger partial charge in [0, 0.05) is 40.3 Å². The molecule has 2 amide bonds. The van der Waals surface area contributed by atoms with Crippen molar-refractivity contribution in [2.45, 2.75) is 109 Å². The Balaban J connectivity index is 2.13. The molecule has 0 radical (unpaired) electrons. The van der Waals surface area contributed by atoms with Gasteiger partial charge in [-0.05, 0) is 51.1 Å². The number of likely N-dealkylation sites (N-methyl/N-ethyl adjacent to an activating group) is 1. The lowest BCUT2D eigenvalue weighted by Crippen LogP contribution is -2.53. The molecule has 0 saturated carbocycles. The molecule has 0 aromatic heterocycles. The molecule has 2 aliphatic rings. The summed E-state index contributed by atoms with van der Waals surface area (Å²) in [6, 6.07) is 0.277. The molecule has 0 aliphatic carbocycles. The van der Waals surface area contributed by atoms with E-state index in [9.17, 15) is 9.59 Å². The molecule has 0 aromatic carbocycles. The van der Waals surface area contributed by atoms with Crippen molar-refractivity contribution in [2.75, 3.05) is 41.4 Å². The average Bonchev–Trinajstić information content (AvgIpc) is 3.29. The Morgan fingerprint density at radius 2 is 1.74 bits per heavy atom. The number of ether oxygens (including phenoxy) is 2. The molecule has 198 valence electrons. The first-order valence-corrected chi connectivity index (χ1v) is 13.5. The van der Waals surface area contributed by atoms with Gasteiger partial charge in [-0.15, -0.1) is 0 Å². The molecule has 6 unspecified atom stereocenters. The van der Waals surface area contributed by atoms with Gasteiger partial charge < -0.3 is 24.2 Å². The summed E-state index contributed by atoms with van der Waals surface area (Å²) < 4.78 is 11.7. The van der Waals surface area contributed by atoms with E-state index >= 15 is 0 Å². The van der Waals surface area contributed by atoms with Gasteiger partial charge in [0.05, 0.1) is 30.7 Å². The van der Waals surface area contributed by atoms with Crippen LogP contribution in [0.4, 0.5) is 0 Å². The van der Waals surface area contributed by atoms with E-state index in [-0.39, 0.29) is 48.4 Å². The molecule has 6 atom stereocenters. The van der Waals surface area contributed by atoms with Crippen molar-refractivity contribution >= 4 is 11.8 Å². The first-order valence-electron chi connectivity index (χ1n) is 13.5. The predicted octanol–water partition coefficient (Wildman–Crippen LogP) is 3.80. The fraction of sp³-hybridized carbons (Fsp3) is 0.926. The van der Waals surface area contributed by atoms with Gasteiger partial charge in [-0.25, -0.2) is 0 Å². The number of carbonyl (C=O) groups excluding carboxylic acids is 2. The van der Waals surface area contributed by atoms with Crippen LogP contribution < -0.4 is 0 Å². The molecule has 2 rings (SSSR count). The minimum atomic E-state index is -0.332. The van der Waals surface area contributed by atoms with E-state index in [4.69, 9.17) is 9.47 Å². The standard InChI is InChI=1S/C27H51N3O4/c1-9-20(4)26(29(6)24(31)17-21-13-10-11-15-28(21)5)23(33-7)18-25(32)30-16-12-14-22(30)27(34-8)19(2)3/h19-23,26-27H,9-18H2,1-8H3. The summed E-state index contributed by atoms with van der Waals surface area (Å²) in [7, 11) is 7.44. The number of hydrogen-bond donors (Lipinski definition) is 0. The van der Waals surface area contributed by atoms with Crippen molar-refractivity contribution in [3.05, 3.63) is 0 Å². The minimum Gasteiger partial charge on any atom is -0.379 e. The number of carbonyl (C=O) groups is 2. The molecule has 34 heavy (non-hydrogen) atoms. The van der Waals surface area contributed by atoms with Gasteiger partial charge in [-0.1, -0.05) is 40.5 Å². The summed E-state index contributed by atoms with van der Waals surface area (Å²) in [4.78, 5) is 33.1. The molecule has 2 saturated heterocycles. The molecular weight excluding hydrogens is 430 g/mol. The van der Waals surface area contributed by atoms with Gasteiger partial charge in [0.15, 0.2) is 0 Å². The first kappa shape index (κ1) is 29.1. The molecular formula is C27H51N3O4. The van der Waals surface area contributed by atoms with Crippen LogP contribution in [0.15, 0.2) is 0 Å². The second kappa shape index (κ2) is 13.8. The van der Waals surface area contributed by atoms with Gasteiger partial charge in [0.25, 0.3) is 0 Å². The maximum absolute atomic E-state index is 13.5. The number of nitrogens with zero attached hydrogens (tertiary/aromatic N) is 3. The number of methoxy groups -OCH3 is 2. The zero-order valence-electron chi connectivity index (χ0n) is 23.1. The Kier molecular flexibility index (Phi) is 11.8. The summed E-state index contributed by atoms with van der Waals surface area (Å²) in [6.07, 6.45) is 6.89. The summed E-state index contributed by atoms with van der Waals surface area (Å²) in [5.41, 5.74) is 0. The van der Waals surface area contributed by atoms with E-state index in [0.717, 1.165) is 38.8 Å². The largest absolute Gasteiger partial charge is 0.379 e. The van der Waals surface area contributed by atoms with Crippen molar-refractivity contribution in [1.82, 2.24) is 14.7 Å². The third-order valence-corrected chi connectivity index (χ3v) is 8.39. The fourth-order valence-corrected chi connectivity index (χ4v) is 6.10. The smallest absolute Gasteiger partial charge is 0.225 e. The van der Waals surface area contributed by atoms with Gasteiger partial charge >= 0.3 is 0 Å². The maximum atomic E-state index is 13.5. The lowest BCUT2D eigenvalue weighted by atomic mass is 9.90. The van der Waals surface area contributed by atoms with E-state index in [0.29, 0.717) is 18.4 Å². The van der Waals surface area contributed by atoms with Gasteiger partial charge in [0.1, 0.15) is 0 Å². The summed E-state index contributed by atoms with van der Waals surface area (Å²) >= 11 is 0. The molecule has 0 N–H and O–H groups in total. The zero-order chi connectivity index (χ0) is 25.4. The van der Waals surface area contributed by atoms with Crippen LogP contribution in [0, 0.1) is 11.8 Å². The Labute approximate surface area is 208 Å². The van der Waals surface area contributed by atoms with Crippen LogP contribution in [0.5, 0.6) is 0 Å². The SMILES string of the molecule is CCC(C)C(C(CC(=O)N1CCCC1C(OC)C(C)C)OC)N(C)C(=O)CC1CCCCN1C. The van der Waals surface area contributed by atoms with Crippen molar-refractivity contribution in [1.29, 1.82) is 0 Å². The minimum absolute atomic E-state index is 0.0366. The normalized spacial score (nSPS) is 25.3. The topological polar surface area (TPSA) is 62.3 Å². The molecule has 2 heterocycles. The van der Waals surface area contributed by atoms with E-state index in [1.807, 2.05) is 16.8 Å². The highest BCUT2D eigenvalue weighted by Gasteiger charge is 2.40. The highest BCUT2D eigenvalue weighted by molar-refractivity contribution is 5.79. The Bertz CT molecular complexity index is 643. The van der Waals surface area contributed by atoms with Crippen LogP contribution in [0.2, 0.25) is 0 Å². The molecule has 2 aliphatic heterocycles. The third-order valence-electron chi connectivity index (χ3n) is 8.39. The second-order valence-corrected chi connectivity index (χ2v) is 10.9.